The molecule has 1 saturated carbocycles. The minimum atomic E-state index is -1.31. The Bertz CT molecular complexity index is 963. The van der Waals surface area contributed by atoms with Gasteiger partial charge in [-0.05, 0) is 43.4 Å². The number of carboxylic acid groups (broad SMARTS) is 1. The first-order chi connectivity index (χ1) is 15.2. The maximum atomic E-state index is 13.9. The molecular weight excluding hydrogens is 415 g/mol. The highest BCUT2D eigenvalue weighted by Gasteiger charge is 2.57. The molecule has 3 aliphatic rings. The van der Waals surface area contributed by atoms with Crippen LogP contribution in [0.2, 0.25) is 0 Å². The van der Waals surface area contributed by atoms with Crippen molar-refractivity contribution in [3.63, 3.8) is 0 Å². The first-order valence-corrected chi connectivity index (χ1v) is 10.9. The van der Waals surface area contributed by atoms with Crippen LogP contribution in [0.3, 0.4) is 0 Å². The number of piperidine rings is 1. The minimum absolute atomic E-state index is 0.157. The average Bonchev–Trinajstić information content (AvgIpc) is 3.49. The van der Waals surface area contributed by atoms with E-state index in [1.165, 1.54) is 19.2 Å². The second-order valence-corrected chi connectivity index (χ2v) is 9.13. The Morgan fingerprint density at radius 3 is 2.38 bits per heavy atom. The molecule has 4 rings (SSSR count). The molecule has 0 aromatic heterocycles. The number of hydrogen-bond acceptors (Lipinski definition) is 5. The standard InChI is InChI=1S/C23H27FN4O4/c1-27(21(31)32)23(14-26-12-18(23)15-2-4-17(24)5-3-15)19(29)16-6-10-28(11-7-16)20(30)22(13-25)8-9-22/h2-5,16,18,26H,6-12,14H2,1H3,(H,31,32)/t18-,23+/m0/s1. The van der Waals surface area contributed by atoms with Crippen molar-refractivity contribution in [1.29, 1.82) is 5.26 Å². The van der Waals surface area contributed by atoms with Crippen molar-refractivity contribution in [3.8, 4) is 6.07 Å². The maximum absolute atomic E-state index is 13.9. The van der Waals surface area contributed by atoms with E-state index < -0.39 is 34.7 Å². The molecule has 0 radical (unpaired) electrons. The molecule has 0 bridgehead atoms. The Balaban J connectivity index is 1.57. The fraction of sp³-hybridized carbons (Fsp3) is 0.565. The van der Waals surface area contributed by atoms with Gasteiger partial charge in [0.15, 0.2) is 5.78 Å². The summed E-state index contributed by atoms with van der Waals surface area (Å²) in [6.45, 7) is 1.32. The number of carbonyl (C=O) groups is 3. The molecule has 2 amide bonds. The van der Waals surface area contributed by atoms with Crippen LogP contribution in [-0.4, -0.2) is 71.5 Å². The molecule has 2 atom stereocenters. The smallest absolute Gasteiger partial charge is 0.407 e. The number of likely N-dealkylation sites (tertiary alicyclic amines) is 1. The number of hydrogen-bond donors (Lipinski definition) is 2. The Kier molecular flexibility index (Phi) is 5.67. The third-order valence-corrected chi connectivity index (χ3v) is 7.43. The van der Waals surface area contributed by atoms with Crippen LogP contribution in [-0.2, 0) is 9.59 Å². The highest BCUT2D eigenvalue weighted by molar-refractivity contribution is 5.95. The van der Waals surface area contributed by atoms with Crippen molar-refractivity contribution < 1.29 is 23.9 Å². The summed E-state index contributed by atoms with van der Waals surface area (Å²) in [7, 11) is 1.41. The first kappa shape index (κ1) is 22.2. The number of benzene rings is 1. The van der Waals surface area contributed by atoms with Crippen LogP contribution in [0.15, 0.2) is 24.3 Å². The summed E-state index contributed by atoms with van der Waals surface area (Å²) in [4.78, 5) is 41.3. The van der Waals surface area contributed by atoms with Crippen LogP contribution in [0.4, 0.5) is 9.18 Å². The van der Waals surface area contributed by atoms with Gasteiger partial charge in [-0.15, -0.1) is 0 Å². The third kappa shape index (κ3) is 3.52. The van der Waals surface area contributed by atoms with Crippen molar-refractivity contribution in [1.82, 2.24) is 15.1 Å². The number of halogens is 1. The molecule has 2 heterocycles. The van der Waals surface area contributed by atoms with Crippen molar-refractivity contribution in [2.75, 3.05) is 33.2 Å². The zero-order valence-electron chi connectivity index (χ0n) is 18.0. The van der Waals surface area contributed by atoms with E-state index in [9.17, 15) is 29.1 Å². The topological polar surface area (TPSA) is 114 Å². The maximum Gasteiger partial charge on any atom is 0.407 e. The van der Waals surface area contributed by atoms with E-state index in [0.717, 1.165) is 4.90 Å². The summed E-state index contributed by atoms with van der Waals surface area (Å²) in [5.41, 5.74) is -1.50. The number of nitrogens with zero attached hydrogens (tertiary/aromatic N) is 3. The van der Waals surface area contributed by atoms with E-state index in [1.54, 1.807) is 17.0 Å². The lowest BCUT2D eigenvalue weighted by molar-refractivity contribution is -0.141. The minimum Gasteiger partial charge on any atom is -0.465 e. The Morgan fingerprint density at radius 2 is 1.84 bits per heavy atom. The number of amides is 2. The van der Waals surface area contributed by atoms with Gasteiger partial charge in [0, 0.05) is 45.1 Å². The molecule has 9 heteroatoms. The Labute approximate surface area is 186 Å². The van der Waals surface area contributed by atoms with Gasteiger partial charge in [0.2, 0.25) is 5.91 Å². The predicted octanol–water partition coefficient (Wildman–Crippen LogP) is 1.97. The summed E-state index contributed by atoms with van der Waals surface area (Å²) in [5, 5.41) is 22.3. The van der Waals surface area contributed by atoms with Gasteiger partial charge >= 0.3 is 6.09 Å². The van der Waals surface area contributed by atoms with Gasteiger partial charge in [-0.3, -0.25) is 14.5 Å². The van der Waals surface area contributed by atoms with Crippen molar-refractivity contribution >= 4 is 17.8 Å². The van der Waals surface area contributed by atoms with Gasteiger partial charge in [-0.1, -0.05) is 12.1 Å². The number of likely N-dealkylation sites (N-methyl/N-ethyl adjacent to an activating group) is 1. The number of ketones is 1. The molecule has 0 unspecified atom stereocenters. The summed E-state index contributed by atoms with van der Waals surface area (Å²) in [5.74, 6) is -1.58. The molecule has 32 heavy (non-hydrogen) atoms. The zero-order chi connectivity index (χ0) is 23.1. The lowest BCUT2D eigenvalue weighted by atomic mass is 9.72. The van der Waals surface area contributed by atoms with Gasteiger partial charge in [-0.25, -0.2) is 9.18 Å². The van der Waals surface area contributed by atoms with Gasteiger partial charge in [0.25, 0.3) is 0 Å². The van der Waals surface area contributed by atoms with Crippen molar-refractivity contribution in [3.05, 3.63) is 35.6 Å². The van der Waals surface area contributed by atoms with Crippen molar-refractivity contribution in [2.24, 2.45) is 11.3 Å². The number of rotatable bonds is 5. The average molecular weight is 442 g/mol. The van der Waals surface area contributed by atoms with Gasteiger partial charge in [-0.2, -0.15) is 5.26 Å². The van der Waals surface area contributed by atoms with Gasteiger partial charge < -0.3 is 15.3 Å². The van der Waals surface area contributed by atoms with E-state index in [-0.39, 0.29) is 18.2 Å². The molecule has 170 valence electrons. The normalized spacial score (nSPS) is 26.9. The molecule has 3 fully saturated rings. The second kappa shape index (κ2) is 8.17. The number of nitrogens with one attached hydrogen (secondary N) is 1. The van der Waals surface area contributed by atoms with E-state index >= 15 is 0 Å². The van der Waals surface area contributed by atoms with E-state index in [0.29, 0.717) is 50.9 Å². The molecule has 1 aromatic rings. The van der Waals surface area contributed by atoms with Crippen LogP contribution < -0.4 is 5.32 Å². The molecule has 2 aliphatic heterocycles. The number of nitriles is 1. The van der Waals surface area contributed by atoms with Crippen LogP contribution in [0.25, 0.3) is 0 Å². The second-order valence-electron chi connectivity index (χ2n) is 9.13. The molecule has 8 nitrogen and oxygen atoms in total. The first-order valence-electron chi connectivity index (χ1n) is 10.9. The lowest BCUT2D eigenvalue weighted by Gasteiger charge is -2.43. The number of Topliss-reactive ketones (excluding diaryl/α,β-unsaturated/α-hetero) is 1. The molecule has 2 saturated heterocycles. The molecule has 1 aliphatic carbocycles. The highest BCUT2D eigenvalue weighted by atomic mass is 19.1. The summed E-state index contributed by atoms with van der Waals surface area (Å²) in [6.07, 6.45) is 0.818. The predicted molar refractivity (Wildman–Crippen MR) is 112 cm³/mol. The number of carbonyl (C=O) groups excluding carboxylic acids is 2. The monoisotopic (exact) mass is 442 g/mol. The van der Waals surface area contributed by atoms with Crippen LogP contribution in [0.5, 0.6) is 0 Å². The highest BCUT2D eigenvalue weighted by Crippen LogP contribution is 2.47. The Morgan fingerprint density at radius 1 is 1.22 bits per heavy atom. The molecule has 1 aromatic carbocycles. The fourth-order valence-electron chi connectivity index (χ4n) is 5.23. The Hall–Kier alpha value is -2.99. The summed E-state index contributed by atoms with van der Waals surface area (Å²) < 4.78 is 13.5. The largest absolute Gasteiger partial charge is 0.465 e. The van der Waals surface area contributed by atoms with E-state index in [2.05, 4.69) is 11.4 Å². The molecule has 2 N–H and O–H groups in total. The van der Waals surface area contributed by atoms with E-state index in [1.807, 2.05) is 0 Å². The third-order valence-electron chi connectivity index (χ3n) is 7.43. The van der Waals surface area contributed by atoms with Crippen LogP contribution >= 0.6 is 0 Å². The molecule has 0 spiro atoms. The lowest BCUT2D eigenvalue weighted by Crippen LogP contribution is -2.62. The van der Waals surface area contributed by atoms with Gasteiger partial charge in [0.1, 0.15) is 16.8 Å². The van der Waals surface area contributed by atoms with E-state index in [4.69, 9.17) is 0 Å². The fourth-order valence-corrected chi connectivity index (χ4v) is 5.23. The SMILES string of the molecule is CN(C(=O)O)[C@]1(C(=O)C2CCN(C(=O)C3(C#N)CC3)CC2)CNC[C@H]1c1ccc(F)cc1. The van der Waals surface area contributed by atoms with Crippen LogP contribution in [0.1, 0.15) is 37.2 Å². The van der Waals surface area contributed by atoms with Crippen LogP contribution in [0, 0.1) is 28.5 Å². The molecular formula is C23H27FN4O4. The summed E-state index contributed by atoms with van der Waals surface area (Å²) in [6, 6.07) is 7.96. The zero-order valence-corrected chi connectivity index (χ0v) is 18.0. The van der Waals surface area contributed by atoms with Gasteiger partial charge in [0.05, 0.1) is 6.07 Å². The quantitative estimate of drug-likeness (QED) is 0.721. The van der Waals surface area contributed by atoms with Crippen molar-refractivity contribution in [2.45, 2.75) is 37.1 Å². The summed E-state index contributed by atoms with van der Waals surface area (Å²) >= 11 is 0.